The highest BCUT2D eigenvalue weighted by molar-refractivity contribution is 6.09. The van der Waals surface area contributed by atoms with Gasteiger partial charge in [0.2, 0.25) is 0 Å². The van der Waals surface area contributed by atoms with Crippen LogP contribution in [-0.2, 0) is 18.5 Å². The van der Waals surface area contributed by atoms with Crippen LogP contribution in [0.5, 0.6) is 5.75 Å². The van der Waals surface area contributed by atoms with Gasteiger partial charge in [0.05, 0.1) is 30.0 Å². The van der Waals surface area contributed by atoms with E-state index in [0.717, 1.165) is 0 Å². The smallest absolute Gasteiger partial charge is 0.435 e. The molecule has 0 bridgehead atoms. The Kier molecular flexibility index (Phi) is 9.59. The lowest BCUT2D eigenvalue weighted by Gasteiger charge is -2.31. The van der Waals surface area contributed by atoms with Crippen LogP contribution in [0.1, 0.15) is 62.4 Å². The van der Waals surface area contributed by atoms with Crippen molar-refractivity contribution in [1.82, 2.24) is 0 Å². The van der Waals surface area contributed by atoms with Crippen LogP contribution in [0.3, 0.4) is 0 Å². The minimum atomic E-state index is -6.27. The van der Waals surface area contributed by atoms with E-state index >= 15 is 0 Å². The first-order valence-corrected chi connectivity index (χ1v) is 13.0. The Balaban J connectivity index is 2.05. The van der Waals surface area contributed by atoms with Crippen LogP contribution >= 0.6 is 0 Å². The average Bonchev–Trinajstić information content (AvgIpc) is 2.96. The number of alkyl halides is 7. The van der Waals surface area contributed by atoms with E-state index in [2.05, 4.69) is 0 Å². The molecule has 0 unspecified atom stereocenters. The third kappa shape index (κ3) is 6.21. The number of anilines is 1. The number of aryl methyl sites for hydroxylation is 2. The molecule has 5 nitrogen and oxygen atoms in total. The summed E-state index contributed by atoms with van der Waals surface area (Å²) >= 11 is 0. The van der Waals surface area contributed by atoms with E-state index in [4.69, 9.17) is 10.00 Å². The predicted octanol–water partition coefficient (Wildman–Crippen LogP) is 7.82. The van der Waals surface area contributed by atoms with Gasteiger partial charge in [0.25, 0.3) is 5.91 Å². The number of benzene rings is 3. The molecule has 0 fully saturated rings. The van der Waals surface area contributed by atoms with Crippen LogP contribution < -0.4 is 9.64 Å². The number of carbonyl (C=O) groups is 2. The molecule has 0 spiro atoms. The second-order valence-electron chi connectivity index (χ2n) is 9.63. The minimum Gasteiger partial charge on any atom is -0.494 e. The van der Waals surface area contributed by atoms with Gasteiger partial charge in [-0.1, -0.05) is 25.1 Å². The number of ether oxygens (including phenoxy) is 1. The van der Waals surface area contributed by atoms with Gasteiger partial charge < -0.3 is 9.64 Å². The second kappa shape index (κ2) is 12.5. The third-order valence-electron chi connectivity index (χ3n) is 7.07. The van der Waals surface area contributed by atoms with Gasteiger partial charge in [-0.15, -0.1) is 0 Å². The molecular formula is C31H27F7N2O3. The van der Waals surface area contributed by atoms with Crippen molar-refractivity contribution in [3.63, 3.8) is 0 Å². The molecule has 0 heterocycles. The van der Waals surface area contributed by atoms with Gasteiger partial charge in [-0.25, -0.2) is 4.39 Å². The summed E-state index contributed by atoms with van der Waals surface area (Å²) in [6.07, 6.45) is -13.1. The summed E-state index contributed by atoms with van der Waals surface area (Å²) in [7, 11) is 1.28. The monoisotopic (exact) mass is 608 g/mol. The maximum absolute atomic E-state index is 14.8. The van der Waals surface area contributed by atoms with E-state index in [9.17, 15) is 40.3 Å². The molecule has 0 saturated carbocycles. The molecule has 228 valence electrons. The zero-order chi connectivity index (χ0) is 32.3. The Bertz CT molecular complexity index is 1540. The van der Waals surface area contributed by atoms with Crippen LogP contribution in [0, 0.1) is 18.3 Å². The van der Waals surface area contributed by atoms with Gasteiger partial charge in [-0.3, -0.25) is 9.59 Å². The standard InChI is InChI=1S/C31H27F7N2O3/c1-5-20-15-22(29(32,30(33,34)35)31(36,37)38)14-18(3)24(20)16-26(41)23-8-7-9-25(27(23)43-4)40(6-2)28(42)21-12-10-19(17-39)11-13-21/h7-15H,5-6,16H2,1-4H3. The highest BCUT2D eigenvalue weighted by atomic mass is 19.4. The second-order valence-corrected chi connectivity index (χ2v) is 9.63. The molecule has 0 atom stereocenters. The van der Waals surface area contributed by atoms with Crippen molar-refractivity contribution < 1.29 is 45.1 Å². The van der Waals surface area contributed by atoms with E-state index in [-0.39, 0.29) is 52.2 Å². The highest BCUT2D eigenvalue weighted by Gasteiger charge is 2.73. The molecule has 0 radical (unpaired) electrons. The summed E-state index contributed by atoms with van der Waals surface area (Å²) in [6, 6.07) is 13.3. The van der Waals surface area contributed by atoms with Gasteiger partial charge in [-0.2, -0.15) is 31.6 Å². The zero-order valence-electron chi connectivity index (χ0n) is 23.6. The van der Waals surface area contributed by atoms with Crippen molar-refractivity contribution >= 4 is 17.4 Å². The Morgan fingerprint density at radius 2 is 1.53 bits per heavy atom. The molecule has 43 heavy (non-hydrogen) atoms. The first-order valence-electron chi connectivity index (χ1n) is 13.0. The normalized spacial score (nSPS) is 12.0. The number of methoxy groups -OCH3 is 1. The lowest BCUT2D eigenvalue weighted by Crippen LogP contribution is -2.50. The molecule has 0 aliphatic carbocycles. The van der Waals surface area contributed by atoms with Crippen molar-refractivity contribution in [3.8, 4) is 11.8 Å². The van der Waals surface area contributed by atoms with Crippen LogP contribution in [0.15, 0.2) is 54.6 Å². The van der Waals surface area contributed by atoms with Gasteiger partial charge in [0.1, 0.15) is 0 Å². The van der Waals surface area contributed by atoms with Crippen molar-refractivity contribution in [1.29, 1.82) is 5.26 Å². The maximum Gasteiger partial charge on any atom is 0.435 e. The Labute approximate surface area is 243 Å². The van der Waals surface area contributed by atoms with Crippen LogP contribution in [-0.4, -0.2) is 37.7 Å². The molecule has 3 rings (SSSR count). The summed E-state index contributed by atoms with van der Waals surface area (Å²) in [6.45, 7) is 4.53. The van der Waals surface area contributed by atoms with Crippen molar-refractivity contribution in [2.45, 2.75) is 51.6 Å². The van der Waals surface area contributed by atoms with Crippen molar-refractivity contribution in [3.05, 3.63) is 93.5 Å². The fraction of sp³-hybridized carbons (Fsp3) is 0.323. The number of hydrogen-bond acceptors (Lipinski definition) is 4. The molecule has 0 saturated heterocycles. The summed E-state index contributed by atoms with van der Waals surface area (Å²) in [5.41, 5.74) is -6.36. The van der Waals surface area contributed by atoms with Crippen LogP contribution in [0.25, 0.3) is 0 Å². The number of hydrogen-bond donors (Lipinski definition) is 0. The van der Waals surface area contributed by atoms with Gasteiger partial charge >= 0.3 is 18.0 Å². The van der Waals surface area contributed by atoms with E-state index in [1.807, 2.05) is 6.07 Å². The molecule has 0 N–H and O–H groups in total. The molecule has 0 aromatic heterocycles. The highest BCUT2D eigenvalue weighted by Crippen LogP contribution is 2.53. The van der Waals surface area contributed by atoms with Crippen molar-refractivity contribution in [2.24, 2.45) is 0 Å². The van der Waals surface area contributed by atoms with Crippen LogP contribution in [0.2, 0.25) is 0 Å². The number of amides is 1. The summed E-state index contributed by atoms with van der Waals surface area (Å²) in [5.74, 6) is -1.01. The Morgan fingerprint density at radius 3 is 2.02 bits per heavy atom. The maximum atomic E-state index is 14.8. The number of ketones is 1. The average molecular weight is 609 g/mol. The van der Waals surface area contributed by atoms with Crippen LogP contribution in [0.4, 0.5) is 36.4 Å². The summed E-state index contributed by atoms with van der Waals surface area (Å²) in [5, 5.41) is 9.02. The van der Waals surface area contributed by atoms with E-state index in [0.29, 0.717) is 17.7 Å². The Hall–Kier alpha value is -4.40. The molecule has 3 aromatic carbocycles. The van der Waals surface area contributed by atoms with Gasteiger partial charge in [0, 0.05) is 24.1 Å². The zero-order valence-corrected chi connectivity index (χ0v) is 23.6. The third-order valence-corrected chi connectivity index (χ3v) is 7.07. The van der Waals surface area contributed by atoms with Crippen molar-refractivity contribution in [2.75, 3.05) is 18.6 Å². The molecule has 1 amide bonds. The number of carbonyl (C=O) groups excluding carboxylic acids is 2. The number of nitriles is 1. The number of nitrogens with zero attached hydrogens (tertiary/aromatic N) is 2. The summed E-state index contributed by atoms with van der Waals surface area (Å²) < 4.78 is 101. The molecule has 0 aliphatic rings. The molecule has 0 aliphatic heterocycles. The minimum absolute atomic E-state index is 0.0158. The molecular weight excluding hydrogens is 581 g/mol. The molecule has 3 aromatic rings. The summed E-state index contributed by atoms with van der Waals surface area (Å²) in [4.78, 5) is 28.2. The van der Waals surface area contributed by atoms with Gasteiger partial charge in [-0.05, 0) is 73.4 Å². The fourth-order valence-corrected chi connectivity index (χ4v) is 4.84. The quantitative estimate of drug-likeness (QED) is 0.184. The first kappa shape index (κ1) is 33.1. The lowest BCUT2D eigenvalue weighted by molar-refractivity contribution is -0.348. The van der Waals surface area contributed by atoms with Gasteiger partial charge in [0.15, 0.2) is 11.5 Å². The largest absolute Gasteiger partial charge is 0.494 e. The Morgan fingerprint density at radius 1 is 0.930 bits per heavy atom. The number of Topliss-reactive ketones (excluding diaryl/α,β-unsaturated/α-hetero) is 1. The topological polar surface area (TPSA) is 70.4 Å². The SMILES string of the molecule is CCc1cc(C(F)(C(F)(F)F)C(F)(F)F)cc(C)c1CC(=O)c1cccc(N(CC)C(=O)c2ccc(C#N)cc2)c1OC. The molecule has 12 heteroatoms. The first-order chi connectivity index (χ1) is 20.0. The van der Waals surface area contributed by atoms with E-state index in [1.54, 1.807) is 13.0 Å². The predicted molar refractivity (Wildman–Crippen MR) is 145 cm³/mol. The fourth-order valence-electron chi connectivity index (χ4n) is 4.84. The number of halogens is 7. The lowest BCUT2D eigenvalue weighted by atomic mass is 9.86. The number of rotatable bonds is 9. The van der Waals surface area contributed by atoms with E-state index < -0.39 is 41.7 Å². The van der Waals surface area contributed by atoms with E-state index in [1.165, 1.54) is 62.3 Å². The number of para-hydroxylation sites is 1.